The molecule has 1 aliphatic rings. The van der Waals surface area contributed by atoms with E-state index in [0.29, 0.717) is 35.2 Å². The lowest BCUT2D eigenvalue weighted by Gasteiger charge is -2.32. The Morgan fingerprint density at radius 2 is 1.93 bits per heavy atom. The van der Waals surface area contributed by atoms with Crippen LogP contribution < -0.4 is 20.9 Å². The van der Waals surface area contributed by atoms with E-state index >= 15 is 0 Å². The average Bonchev–Trinajstić information content (AvgIpc) is 2.68. The van der Waals surface area contributed by atoms with Gasteiger partial charge in [0, 0.05) is 32.9 Å². The molecule has 2 amide bonds. The Bertz CT molecular complexity index is 807. The largest absolute Gasteiger partial charge is 0.363 e. The normalized spacial score (nSPS) is 19.1. The molecule has 0 atom stereocenters. The Kier molecular flexibility index (Phi) is 6.57. The quantitative estimate of drug-likeness (QED) is 0.768. The summed E-state index contributed by atoms with van der Waals surface area (Å²) in [7, 11) is 3.92. The van der Waals surface area contributed by atoms with Crippen molar-refractivity contribution in [3.63, 3.8) is 0 Å². The van der Waals surface area contributed by atoms with Crippen molar-refractivity contribution in [2.24, 2.45) is 11.7 Å². The van der Waals surface area contributed by atoms with Gasteiger partial charge in [-0.05, 0) is 49.8 Å². The van der Waals surface area contributed by atoms with Crippen molar-refractivity contribution in [3.8, 4) is 0 Å². The van der Waals surface area contributed by atoms with Crippen LogP contribution in [-0.4, -0.2) is 42.7 Å². The van der Waals surface area contributed by atoms with Gasteiger partial charge < -0.3 is 16.0 Å². The number of nitrogens with one attached hydrogen (secondary N) is 1. The van der Waals surface area contributed by atoms with Gasteiger partial charge in [0.25, 0.3) is 0 Å². The Labute approximate surface area is 170 Å². The van der Waals surface area contributed by atoms with Crippen LogP contribution in [0.3, 0.4) is 0 Å². The molecule has 0 bridgehead atoms. The van der Waals surface area contributed by atoms with Gasteiger partial charge in [-0.2, -0.15) is 4.98 Å². The fourth-order valence-corrected chi connectivity index (χ4v) is 3.81. The van der Waals surface area contributed by atoms with E-state index < -0.39 is 6.03 Å². The van der Waals surface area contributed by atoms with E-state index in [0.717, 1.165) is 31.5 Å². The summed E-state index contributed by atoms with van der Waals surface area (Å²) in [5.41, 5.74) is 6.29. The number of para-hydroxylation sites is 1. The number of aromatic nitrogens is 2. The van der Waals surface area contributed by atoms with E-state index in [2.05, 4.69) is 15.3 Å². The van der Waals surface area contributed by atoms with Crippen molar-refractivity contribution in [3.05, 3.63) is 41.6 Å². The molecule has 1 heterocycles. The van der Waals surface area contributed by atoms with Gasteiger partial charge in [0.05, 0.1) is 10.7 Å². The molecule has 3 N–H and O–H groups in total. The molecular formula is C20H27ClN6O. The van der Waals surface area contributed by atoms with Crippen LogP contribution in [0.25, 0.3) is 0 Å². The molecule has 7 nitrogen and oxygen atoms in total. The number of rotatable bonds is 6. The van der Waals surface area contributed by atoms with Crippen LogP contribution in [0.5, 0.6) is 0 Å². The van der Waals surface area contributed by atoms with Crippen molar-refractivity contribution in [1.82, 2.24) is 9.97 Å². The number of carbonyl (C=O) groups excluding carboxylic acids is 1. The van der Waals surface area contributed by atoms with Gasteiger partial charge in [-0.15, -0.1) is 0 Å². The lowest BCUT2D eigenvalue weighted by atomic mass is 9.85. The predicted molar refractivity (Wildman–Crippen MR) is 114 cm³/mol. The van der Waals surface area contributed by atoms with Crippen LogP contribution in [0.4, 0.5) is 22.2 Å². The summed E-state index contributed by atoms with van der Waals surface area (Å²) in [5.74, 6) is 1.92. The second-order valence-electron chi connectivity index (χ2n) is 7.40. The number of nitrogens with two attached hydrogens (primary N) is 1. The highest BCUT2D eigenvalue weighted by Crippen LogP contribution is 2.31. The van der Waals surface area contributed by atoms with Crippen molar-refractivity contribution >= 4 is 35.1 Å². The maximum absolute atomic E-state index is 12.0. The fraction of sp³-hybridized carbons (Fsp3) is 0.450. The van der Waals surface area contributed by atoms with Crippen molar-refractivity contribution < 1.29 is 4.79 Å². The van der Waals surface area contributed by atoms with Crippen molar-refractivity contribution in [2.45, 2.75) is 31.7 Å². The first-order valence-electron chi connectivity index (χ1n) is 9.52. The molecule has 0 radical (unpaired) electrons. The smallest absolute Gasteiger partial charge is 0.319 e. The first kappa shape index (κ1) is 20.2. The molecule has 1 aromatic carbocycles. The highest BCUT2D eigenvalue weighted by Gasteiger charge is 2.26. The van der Waals surface area contributed by atoms with Crippen LogP contribution >= 0.6 is 11.6 Å². The minimum Gasteiger partial charge on any atom is -0.363 e. The van der Waals surface area contributed by atoms with Gasteiger partial charge in [-0.1, -0.05) is 23.7 Å². The third-order valence-electron chi connectivity index (χ3n) is 5.13. The van der Waals surface area contributed by atoms with Crippen LogP contribution in [-0.2, 0) is 0 Å². The number of halogens is 1. The molecule has 8 heteroatoms. The van der Waals surface area contributed by atoms with Crippen LogP contribution in [0, 0.1) is 5.92 Å². The summed E-state index contributed by atoms with van der Waals surface area (Å²) < 4.78 is 0. The summed E-state index contributed by atoms with van der Waals surface area (Å²) in [6.07, 6.45) is 5.76. The van der Waals surface area contributed by atoms with E-state index in [-0.39, 0.29) is 0 Å². The second-order valence-corrected chi connectivity index (χ2v) is 7.80. The van der Waals surface area contributed by atoms with Gasteiger partial charge in [0.15, 0.2) is 0 Å². The highest BCUT2D eigenvalue weighted by atomic mass is 35.5. The minimum absolute atomic E-state index is 0.330. The minimum atomic E-state index is -0.470. The molecule has 1 fully saturated rings. The Hall–Kier alpha value is -2.54. The van der Waals surface area contributed by atoms with Crippen LogP contribution in [0.1, 0.15) is 25.7 Å². The van der Waals surface area contributed by atoms with Crippen LogP contribution in [0.15, 0.2) is 36.5 Å². The Morgan fingerprint density at radius 3 is 2.57 bits per heavy atom. The molecule has 1 aliphatic carbocycles. The van der Waals surface area contributed by atoms with Gasteiger partial charge >= 0.3 is 6.03 Å². The first-order chi connectivity index (χ1) is 13.4. The molecule has 28 heavy (non-hydrogen) atoms. The molecule has 0 aliphatic heterocycles. The fourth-order valence-electron chi connectivity index (χ4n) is 3.58. The van der Waals surface area contributed by atoms with Crippen molar-refractivity contribution in [2.75, 3.05) is 35.8 Å². The van der Waals surface area contributed by atoms with E-state index in [1.54, 1.807) is 17.2 Å². The maximum Gasteiger partial charge on any atom is 0.319 e. The summed E-state index contributed by atoms with van der Waals surface area (Å²) in [5, 5.41) is 3.97. The van der Waals surface area contributed by atoms with Gasteiger partial charge in [0.1, 0.15) is 5.82 Å². The SMILES string of the molecule is CN(C)c1ccnc(N[C@H]2CC[C@@H](CN(C(N)=O)c3ccccc3Cl)CC2)n1. The lowest BCUT2D eigenvalue weighted by Crippen LogP contribution is -2.41. The van der Waals surface area contributed by atoms with E-state index in [4.69, 9.17) is 17.3 Å². The molecule has 150 valence electrons. The Balaban J connectivity index is 1.57. The van der Waals surface area contributed by atoms with Gasteiger partial charge in [0.2, 0.25) is 5.95 Å². The molecule has 1 saturated carbocycles. The van der Waals surface area contributed by atoms with E-state index in [1.807, 2.05) is 43.3 Å². The second kappa shape index (κ2) is 9.10. The van der Waals surface area contributed by atoms with Gasteiger partial charge in [-0.3, -0.25) is 4.90 Å². The molecule has 2 aromatic rings. The number of primary amides is 1. The van der Waals surface area contributed by atoms with E-state index in [9.17, 15) is 4.79 Å². The third-order valence-corrected chi connectivity index (χ3v) is 5.45. The van der Waals surface area contributed by atoms with Crippen LogP contribution in [0.2, 0.25) is 5.02 Å². The molecule has 0 unspecified atom stereocenters. The molecule has 1 aromatic heterocycles. The number of carbonyl (C=O) groups is 1. The number of amides is 2. The highest BCUT2D eigenvalue weighted by molar-refractivity contribution is 6.33. The monoisotopic (exact) mass is 402 g/mol. The summed E-state index contributed by atoms with van der Waals surface area (Å²) >= 11 is 6.25. The predicted octanol–water partition coefficient (Wildman–Crippen LogP) is 3.75. The van der Waals surface area contributed by atoms with Gasteiger partial charge in [-0.25, -0.2) is 9.78 Å². The zero-order valence-electron chi connectivity index (χ0n) is 16.3. The summed E-state index contributed by atoms with van der Waals surface area (Å²) in [4.78, 5) is 24.4. The van der Waals surface area contributed by atoms with E-state index in [1.165, 1.54) is 0 Å². The number of benzene rings is 1. The molecule has 0 saturated heterocycles. The number of anilines is 3. The van der Waals surface area contributed by atoms with Crippen molar-refractivity contribution in [1.29, 1.82) is 0 Å². The zero-order valence-corrected chi connectivity index (χ0v) is 17.1. The summed E-state index contributed by atoms with van der Waals surface area (Å²) in [6, 6.07) is 9.05. The summed E-state index contributed by atoms with van der Waals surface area (Å²) in [6.45, 7) is 0.582. The average molecular weight is 403 g/mol. The topological polar surface area (TPSA) is 87.4 Å². The molecule has 3 rings (SSSR count). The third kappa shape index (κ3) is 5.04. The number of hydrogen-bond donors (Lipinski definition) is 2. The maximum atomic E-state index is 12.0. The molecule has 0 spiro atoms. The number of hydrogen-bond acceptors (Lipinski definition) is 5. The number of urea groups is 1. The Morgan fingerprint density at radius 1 is 1.21 bits per heavy atom. The first-order valence-corrected chi connectivity index (χ1v) is 9.90. The standard InChI is InChI=1S/C20H27ClN6O/c1-26(2)18-11-12-23-20(25-18)24-15-9-7-14(8-10-15)13-27(19(22)28)17-6-4-3-5-16(17)21/h3-6,11-12,14-15H,7-10,13H2,1-2H3,(H2,22,28)(H,23,24,25)/t14-,15+. The molecular weight excluding hydrogens is 376 g/mol. The lowest BCUT2D eigenvalue weighted by molar-refractivity contribution is 0.250. The number of nitrogens with zero attached hydrogens (tertiary/aromatic N) is 4. The zero-order chi connectivity index (χ0) is 20.1.